The van der Waals surface area contributed by atoms with Crippen molar-refractivity contribution in [1.82, 2.24) is 9.55 Å². The molecule has 0 amide bonds. The van der Waals surface area contributed by atoms with E-state index < -0.39 is 0 Å². The van der Waals surface area contributed by atoms with E-state index >= 15 is 0 Å². The van der Waals surface area contributed by atoms with Crippen molar-refractivity contribution in [2.75, 3.05) is 0 Å². The van der Waals surface area contributed by atoms with E-state index in [1.165, 1.54) is 32.1 Å². The van der Waals surface area contributed by atoms with E-state index in [0.29, 0.717) is 16.9 Å². The molecule has 0 saturated heterocycles. The van der Waals surface area contributed by atoms with Crippen molar-refractivity contribution in [3.63, 3.8) is 0 Å². The van der Waals surface area contributed by atoms with E-state index in [-0.39, 0.29) is 0 Å². The summed E-state index contributed by atoms with van der Waals surface area (Å²) in [5.41, 5.74) is 2.77. The van der Waals surface area contributed by atoms with E-state index in [0.717, 1.165) is 23.4 Å². The molecule has 3 rings (SSSR count). The lowest BCUT2D eigenvalue weighted by Crippen LogP contribution is -2.26. The molecule has 21 heavy (non-hydrogen) atoms. The van der Waals surface area contributed by atoms with Crippen LogP contribution in [0.4, 0.5) is 0 Å². The van der Waals surface area contributed by atoms with Crippen LogP contribution in [0.3, 0.4) is 0 Å². The van der Waals surface area contributed by atoms with Crippen molar-refractivity contribution in [3.8, 4) is 6.07 Å². The lowest BCUT2D eigenvalue weighted by molar-refractivity contribution is 0.184. The van der Waals surface area contributed by atoms with Crippen LogP contribution in [0.2, 0.25) is 0 Å². The van der Waals surface area contributed by atoms with Crippen molar-refractivity contribution < 1.29 is 0 Å². The fraction of sp³-hybridized carbons (Fsp3) is 0.529. The summed E-state index contributed by atoms with van der Waals surface area (Å²) >= 11 is 6.10. The van der Waals surface area contributed by atoms with Gasteiger partial charge in [-0.2, -0.15) is 5.26 Å². The van der Waals surface area contributed by atoms with Gasteiger partial charge in [0.25, 0.3) is 0 Å². The minimum atomic E-state index is 0.315. The largest absolute Gasteiger partial charge is 0.326 e. The molecule has 1 aromatic carbocycles. The molecule has 1 aromatic heterocycles. The highest BCUT2D eigenvalue weighted by molar-refractivity contribution is 6.16. The number of halogens is 1. The Morgan fingerprint density at radius 1 is 1.33 bits per heavy atom. The first-order valence-electron chi connectivity index (χ1n) is 7.61. The fourth-order valence-corrected chi connectivity index (χ4v) is 3.71. The smallest absolute Gasteiger partial charge is 0.124 e. The maximum Gasteiger partial charge on any atom is 0.124 e. The van der Waals surface area contributed by atoms with Gasteiger partial charge in [-0.3, -0.25) is 0 Å². The second kappa shape index (κ2) is 5.69. The number of hydrogen-bond donors (Lipinski definition) is 0. The van der Waals surface area contributed by atoms with E-state index in [1.54, 1.807) is 0 Å². The summed E-state index contributed by atoms with van der Waals surface area (Å²) in [7, 11) is 0. The van der Waals surface area contributed by atoms with Crippen LogP contribution in [0.1, 0.15) is 50.4 Å². The van der Waals surface area contributed by atoms with Gasteiger partial charge < -0.3 is 4.57 Å². The zero-order valence-electron chi connectivity index (χ0n) is 12.4. The number of benzene rings is 1. The van der Waals surface area contributed by atoms with Crippen LogP contribution in [0.25, 0.3) is 11.0 Å². The zero-order valence-corrected chi connectivity index (χ0v) is 13.2. The molecule has 2 aromatic rings. The number of hydrogen-bond acceptors (Lipinski definition) is 2. The normalized spacial score (nSPS) is 17.8. The number of para-hydroxylation sites is 1. The van der Waals surface area contributed by atoms with Crippen LogP contribution in [0.5, 0.6) is 0 Å². The number of fused-ring (bicyclic) bond motifs is 1. The number of rotatable bonds is 3. The van der Waals surface area contributed by atoms with E-state index in [1.807, 2.05) is 18.2 Å². The molecule has 1 heterocycles. The lowest BCUT2D eigenvalue weighted by Gasteiger charge is -2.34. The second-order valence-electron chi connectivity index (χ2n) is 6.40. The first-order chi connectivity index (χ1) is 10.2. The van der Waals surface area contributed by atoms with Gasteiger partial charge in [-0.1, -0.05) is 32.3 Å². The van der Waals surface area contributed by atoms with Gasteiger partial charge in [0, 0.05) is 6.54 Å². The summed E-state index contributed by atoms with van der Waals surface area (Å²) < 4.78 is 2.23. The third-order valence-corrected chi connectivity index (χ3v) is 4.94. The van der Waals surface area contributed by atoms with Gasteiger partial charge in [0.05, 0.1) is 17.0 Å². The molecular formula is C17H20ClN3. The summed E-state index contributed by atoms with van der Waals surface area (Å²) in [5.74, 6) is 1.26. The first-order valence-corrected chi connectivity index (χ1v) is 8.14. The van der Waals surface area contributed by atoms with Gasteiger partial charge >= 0.3 is 0 Å². The van der Waals surface area contributed by atoms with Crippen LogP contribution in [0.15, 0.2) is 18.2 Å². The summed E-state index contributed by atoms with van der Waals surface area (Å²) in [6, 6.07) is 8.03. The minimum absolute atomic E-state index is 0.315. The van der Waals surface area contributed by atoms with Crippen molar-refractivity contribution >= 4 is 22.6 Å². The summed E-state index contributed by atoms with van der Waals surface area (Å²) in [6.45, 7) is 3.31. The molecule has 0 N–H and O–H groups in total. The SMILES string of the molecule is CC1(Cn2c(CCl)nc3c(C#N)cccc32)CCCCC1. The molecular weight excluding hydrogens is 282 g/mol. The highest BCUT2D eigenvalue weighted by atomic mass is 35.5. The molecule has 1 aliphatic carbocycles. The van der Waals surface area contributed by atoms with Gasteiger partial charge in [-0.25, -0.2) is 4.98 Å². The Morgan fingerprint density at radius 2 is 2.10 bits per heavy atom. The number of alkyl halides is 1. The molecule has 3 nitrogen and oxygen atoms in total. The Kier molecular flexibility index (Phi) is 3.91. The predicted molar refractivity (Wildman–Crippen MR) is 85.2 cm³/mol. The molecule has 1 fully saturated rings. The predicted octanol–water partition coefficient (Wildman–Crippen LogP) is 4.62. The van der Waals surface area contributed by atoms with E-state index in [4.69, 9.17) is 11.6 Å². The Labute approximate surface area is 130 Å². The highest BCUT2D eigenvalue weighted by Gasteiger charge is 2.29. The third-order valence-electron chi connectivity index (χ3n) is 4.70. The highest BCUT2D eigenvalue weighted by Crippen LogP contribution is 2.38. The number of nitrogens with zero attached hydrogens (tertiary/aromatic N) is 3. The summed E-state index contributed by atoms with van der Waals surface area (Å²) in [6.07, 6.45) is 6.48. The van der Waals surface area contributed by atoms with Gasteiger partial charge in [0.15, 0.2) is 0 Å². The quantitative estimate of drug-likeness (QED) is 0.776. The Bertz CT molecular complexity index is 690. The fourth-order valence-electron chi connectivity index (χ4n) is 3.51. The van der Waals surface area contributed by atoms with Crippen LogP contribution >= 0.6 is 11.6 Å². The average Bonchev–Trinajstić information content (AvgIpc) is 2.85. The van der Waals surface area contributed by atoms with Gasteiger partial charge in [-0.05, 0) is 30.4 Å². The monoisotopic (exact) mass is 301 g/mol. The maximum absolute atomic E-state index is 9.25. The molecule has 0 atom stereocenters. The molecule has 0 bridgehead atoms. The maximum atomic E-state index is 9.25. The number of aromatic nitrogens is 2. The molecule has 0 radical (unpaired) electrons. The second-order valence-corrected chi connectivity index (χ2v) is 6.67. The van der Waals surface area contributed by atoms with Gasteiger partial charge in [0.1, 0.15) is 17.4 Å². The van der Waals surface area contributed by atoms with Crippen molar-refractivity contribution in [3.05, 3.63) is 29.6 Å². The van der Waals surface area contributed by atoms with Crippen molar-refractivity contribution in [2.45, 2.75) is 51.5 Å². The molecule has 0 spiro atoms. The molecule has 4 heteroatoms. The average molecular weight is 302 g/mol. The summed E-state index contributed by atoms with van der Waals surface area (Å²) in [4.78, 5) is 4.61. The Balaban J connectivity index is 2.07. The van der Waals surface area contributed by atoms with Crippen LogP contribution in [-0.2, 0) is 12.4 Å². The Hall–Kier alpha value is -1.53. The summed E-state index contributed by atoms with van der Waals surface area (Å²) in [5, 5.41) is 9.25. The van der Waals surface area contributed by atoms with E-state index in [2.05, 4.69) is 22.5 Å². The molecule has 110 valence electrons. The van der Waals surface area contributed by atoms with Crippen LogP contribution in [-0.4, -0.2) is 9.55 Å². The topological polar surface area (TPSA) is 41.6 Å². The van der Waals surface area contributed by atoms with Crippen molar-refractivity contribution in [1.29, 1.82) is 5.26 Å². The number of imidazole rings is 1. The zero-order chi connectivity index (χ0) is 14.9. The first kappa shape index (κ1) is 14.4. The van der Waals surface area contributed by atoms with Gasteiger partial charge in [0.2, 0.25) is 0 Å². The Morgan fingerprint density at radius 3 is 2.76 bits per heavy atom. The van der Waals surface area contributed by atoms with Gasteiger partial charge in [-0.15, -0.1) is 11.6 Å². The molecule has 1 aliphatic rings. The van der Waals surface area contributed by atoms with Crippen LogP contribution in [0, 0.1) is 16.7 Å². The van der Waals surface area contributed by atoms with Crippen molar-refractivity contribution in [2.24, 2.45) is 5.41 Å². The molecule has 0 unspecified atom stereocenters. The van der Waals surface area contributed by atoms with E-state index in [9.17, 15) is 5.26 Å². The minimum Gasteiger partial charge on any atom is -0.326 e. The van der Waals surface area contributed by atoms with Crippen LogP contribution < -0.4 is 0 Å². The molecule has 0 aliphatic heterocycles. The lowest BCUT2D eigenvalue weighted by atomic mass is 9.75. The number of nitriles is 1. The standard InChI is InChI=1S/C17H20ClN3/c1-17(8-3-2-4-9-17)12-21-14-7-5-6-13(11-19)16(14)20-15(21)10-18/h5-7H,2-4,8-10,12H2,1H3. The molecule has 1 saturated carbocycles. The third kappa shape index (κ3) is 2.65.